The first-order valence-electron chi connectivity index (χ1n) is 7.03. The molecule has 0 saturated heterocycles. The second-order valence-electron chi connectivity index (χ2n) is 5.36. The minimum absolute atomic E-state index is 0.00352. The molecule has 3 amide bonds. The predicted octanol–water partition coefficient (Wildman–Crippen LogP) is 2.11. The van der Waals surface area contributed by atoms with Gasteiger partial charge in [-0.2, -0.15) is 0 Å². The van der Waals surface area contributed by atoms with Crippen LogP contribution in [0.1, 0.15) is 26.2 Å². The van der Waals surface area contributed by atoms with Crippen molar-refractivity contribution < 1.29 is 9.59 Å². The maximum atomic E-state index is 11.7. The molecule has 0 aromatic heterocycles. The maximum absolute atomic E-state index is 11.7. The van der Waals surface area contributed by atoms with Crippen LogP contribution < -0.4 is 16.0 Å². The Hall–Kier alpha value is -2.04. The Morgan fingerprint density at radius 3 is 2.60 bits per heavy atom. The van der Waals surface area contributed by atoms with Gasteiger partial charge in [0.2, 0.25) is 5.91 Å². The van der Waals surface area contributed by atoms with E-state index in [2.05, 4.69) is 22.9 Å². The van der Waals surface area contributed by atoms with Crippen molar-refractivity contribution in [3.8, 4) is 0 Å². The molecular weight excluding hydrogens is 254 g/mol. The average molecular weight is 275 g/mol. The summed E-state index contributed by atoms with van der Waals surface area (Å²) in [7, 11) is 0. The standard InChI is InChI=1S/C15H21N3O2/c1-11-7-8-13(9-11)17-14(19)10-16-15(20)18-12-5-3-2-4-6-12/h2-6,11,13H,7-10H2,1H3,(H,17,19)(H2,16,18,20). The molecule has 5 heteroatoms. The van der Waals surface area contributed by atoms with Gasteiger partial charge in [-0.05, 0) is 37.3 Å². The van der Waals surface area contributed by atoms with Gasteiger partial charge in [0.15, 0.2) is 0 Å². The maximum Gasteiger partial charge on any atom is 0.319 e. The van der Waals surface area contributed by atoms with E-state index < -0.39 is 0 Å². The van der Waals surface area contributed by atoms with Crippen molar-refractivity contribution in [2.24, 2.45) is 5.92 Å². The third kappa shape index (κ3) is 4.57. The number of urea groups is 1. The van der Waals surface area contributed by atoms with Gasteiger partial charge in [0.1, 0.15) is 0 Å². The van der Waals surface area contributed by atoms with Crippen molar-refractivity contribution in [1.82, 2.24) is 10.6 Å². The summed E-state index contributed by atoms with van der Waals surface area (Å²) in [6.45, 7) is 2.20. The minimum atomic E-state index is -0.369. The number of nitrogens with one attached hydrogen (secondary N) is 3. The van der Waals surface area contributed by atoms with E-state index in [1.54, 1.807) is 12.1 Å². The van der Waals surface area contributed by atoms with Crippen molar-refractivity contribution >= 4 is 17.6 Å². The van der Waals surface area contributed by atoms with Gasteiger partial charge in [0.05, 0.1) is 6.54 Å². The highest BCUT2D eigenvalue weighted by molar-refractivity contribution is 5.92. The SMILES string of the molecule is CC1CCC(NC(=O)CNC(=O)Nc2ccccc2)C1. The molecule has 2 unspecified atom stereocenters. The Balaban J connectivity index is 1.67. The molecule has 0 radical (unpaired) electrons. The van der Waals surface area contributed by atoms with Gasteiger partial charge in [-0.1, -0.05) is 25.1 Å². The summed E-state index contributed by atoms with van der Waals surface area (Å²) in [6, 6.07) is 9.02. The quantitative estimate of drug-likeness (QED) is 0.787. The topological polar surface area (TPSA) is 70.2 Å². The molecular formula is C15H21N3O2. The molecule has 0 heterocycles. The highest BCUT2D eigenvalue weighted by Gasteiger charge is 2.22. The lowest BCUT2D eigenvalue weighted by atomic mass is 10.1. The van der Waals surface area contributed by atoms with Crippen LogP contribution in [0.4, 0.5) is 10.5 Å². The number of para-hydroxylation sites is 1. The van der Waals surface area contributed by atoms with Crippen LogP contribution >= 0.6 is 0 Å². The van der Waals surface area contributed by atoms with E-state index in [0.717, 1.165) is 19.3 Å². The number of hydrogen-bond acceptors (Lipinski definition) is 2. The highest BCUT2D eigenvalue weighted by Crippen LogP contribution is 2.24. The lowest BCUT2D eigenvalue weighted by Gasteiger charge is -2.13. The molecule has 1 saturated carbocycles. The first-order valence-corrected chi connectivity index (χ1v) is 7.03. The van der Waals surface area contributed by atoms with E-state index >= 15 is 0 Å². The molecule has 1 aromatic carbocycles. The smallest absolute Gasteiger partial charge is 0.319 e. The molecule has 1 aliphatic carbocycles. The van der Waals surface area contributed by atoms with Crippen LogP contribution in [0.25, 0.3) is 0 Å². The minimum Gasteiger partial charge on any atom is -0.352 e. The van der Waals surface area contributed by atoms with Gasteiger partial charge in [0.25, 0.3) is 0 Å². The van der Waals surface area contributed by atoms with Crippen molar-refractivity contribution in [2.45, 2.75) is 32.2 Å². The van der Waals surface area contributed by atoms with E-state index in [0.29, 0.717) is 11.6 Å². The van der Waals surface area contributed by atoms with Crippen molar-refractivity contribution in [1.29, 1.82) is 0 Å². The summed E-state index contributed by atoms with van der Waals surface area (Å²) in [5.41, 5.74) is 0.704. The zero-order valence-electron chi connectivity index (χ0n) is 11.7. The van der Waals surface area contributed by atoms with Gasteiger partial charge in [-0.25, -0.2) is 4.79 Å². The zero-order chi connectivity index (χ0) is 14.4. The molecule has 0 spiro atoms. The third-order valence-corrected chi connectivity index (χ3v) is 3.50. The van der Waals surface area contributed by atoms with E-state index in [9.17, 15) is 9.59 Å². The third-order valence-electron chi connectivity index (χ3n) is 3.50. The Morgan fingerprint density at radius 2 is 1.95 bits per heavy atom. The fourth-order valence-corrected chi connectivity index (χ4v) is 2.47. The molecule has 20 heavy (non-hydrogen) atoms. The largest absolute Gasteiger partial charge is 0.352 e. The number of amides is 3. The number of benzene rings is 1. The molecule has 5 nitrogen and oxygen atoms in total. The molecule has 2 rings (SSSR count). The Bertz CT molecular complexity index is 461. The number of carbonyl (C=O) groups excluding carboxylic acids is 2. The van der Waals surface area contributed by atoms with Crippen LogP contribution in [0.3, 0.4) is 0 Å². The van der Waals surface area contributed by atoms with Gasteiger partial charge in [0, 0.05) is 11.7 Å². The summed E-state index contributed by atoms with van der Waals surface area (Å²) >= 11 is 0. The van der Waals surface area contributed by atoms with E-state index in [1.165, 1.54) is 0 Å². The molecule has 108 valence electrons. The normalized spacial score (nSPS) is 21.2. The molecule has 1 aromatic rings. The van der Waals surface area contributed by atoms with Crippen LogP contribution in [0, 0.1) is 5.92 Å². The van der Waals surface area contributed by atoms with E-state index in [4.69, 9.17) is 0 Å². The number of rotatable bonds is 4. The lowest BCUT2D eigenvalue weighted by molar-refractivity contribution is -0.120. The number of carbonyl (C=O) groups is 2. The van der Waals surface area contributed by atoms with E-state index in [-0.39, 0.29) is 24.5 Å². The van der Waals surface area contributed by atoms with Crippen LogP contribution in [-0.4, -0.2) is 24.5 Å². The summed E-state index contributed by atoms with van der Waals surface area (Å²) < 4.78 is 0. The number of anilines is 1. The van der Waals surface area contributed by atoms with E-state index in [1.807, 2.05) is 18.2 Å². The second kappa shape index (κ2) is 6.93. The second-order valence-corrected chi connectivity index (χ2v) is 5.36. The summed E-state index contributed by atoms with van der Waals surface area (Å²) in [4.78, 5) is 23.3. The fourth-order valence-electron chi connectivity index (χ4n) is 2.47. The molecule has 1 aliphatic rings. The molecule has 0 aliphatic heterocycles. The van der Waals surface area contributed by atoms with Gasteiger partial charge >= 0.3 is 6.03 Å². The lowest BCUT2D eigenvalue weighted by Crippen LogP contribution is -2.42. The zero-order valence-corrected chi connectivity index (χ0v) is 11.7. The van der Waals surface area contributed by atoms with Crippen molar-refractivity contribution in [3.05, 3.63) is 30.3 Å². The molecule has 1 fully saturated rings. The summed E-state index contributed by atoms with van der Waals surface area (Å²) in [5.74, 6) is 0.543. The van der Waals surface area contributed by atoms with Crippen LogP contribution in [-0.2, 0) is 4.79 Å². The van der Waals surface area contributed by atoms with Gasteiger partial charge in [-0.15, -0.1) is 0 Å². The van der Waals surface area contributed by atoms with Crippen LogP contribution in [0.2, 0.25) is 0 Å². The first-order chi connectivity index (χ1) is 9.63. The molecule has 0 bridgehead atoms. The summed E-state index contributed by atoms with van der Waals surface area (Å²) in [5, 5.41) is 8.17. The average Bonchev–Trinajstić information content (AvgIpc) is 2.83. The van der Waals surface area contributed by atoms with Crippen molar-refractivity contribution in [2.75, 3.05) is 11.9 Å². The van der Waals surface area contributed by atoms with Crippen LogP contribution in [0.5, 0.6) is 0 Å². The molecule has 2 atom stereocenters. The summed E-state index contributed by atoms with van der Waals surface area (Å²) in [6.07, 6.45) is 3.22. The van der Waals surface area contributed by atoms with Gasteiger partial charge < -0.3 is 16.0 Å². The Labute approximate surface area is 119 Å². The monoisotopic (exact) mass is 275 g/mol. The molecule has 3 N–H and O–H groups in total. The predicted molar refractivity (Wildman–Crippen MR) is 78.4 cm³/mol. The fraction of sp³-hybridized carbons (Fsp3) is 0.467. The number of hydrogen-bond donors (Lipinski definition) is 3. The highest BCUT2D eigenvalue weighted by atomic mass is 16.2. The van der Waals surface area contributed by atoms with Crippen molar-refractivity contribution in [3.63, 3.8) is 0 Å². The first kappa shape index (κ1) is 14.4. The Morgan fingerprint density at radius 1 is 1.20 bits per heavy atom. The van der Waals surface area contributed by atoms with Crippen LogP contribution in [0.15, 0.2) is 30.3 Å². The Kier molecular flexibility index (Phi) is 4.98. The van der Waals surface area contributed by atoms with Gasteiger partial charge in [-0.3, -0.25) is 4.79 Å².